The average molecular weight is 144 g/mol. The van der Waals surface area contributed by atoms with Crippen molar-refractivity contribution in [3.8, 4) is 0 Å². The van der Waals surface area contributed by atoms with Gasteiger partial charge in [-0.3, -0.25) is 0 Å². The molecule has 1 atom stereocenters. The molecule has 0 saturated carbocycles. The van der Waals surface area contributed by atoms with Gasteiger partial charge in [-0.15, -0.1) is 0 Å². The van der Waals surface area contributed by atoms with E-state index >= 15 is 0 Å². The summed E-state index contributed by atoms with van der Waals surface area (Å²) < 4.78 is 0. The lowest BCUT2D eigenvalue weighted by Crippen LogP contribution is -1.77. The summed E-state index contributed by atoms with van der Waals surface area (Å²) in [5.74, 6) is -0.00330. The molecule has 1 unspecified atom stereocenters. The molecule has 1 heterocycles. The van der Waals surface area contributed by atoms with Crippen LogP contribution in [0.25, 0.3) is 0 Å². The maximum absolute atomic E-state index is 9.01. The molecule has 0 radical (unpaired) electrons. The van der Waals surface area contributed by atoms with Gasteiger partial charge in [0.05, 0.1) is 0 Å². The summed E-state index contributed by atoms with van der Waals surface area (Å²) in [5, 5.41) is 21.5. The molecule has 50 valence electrons. The van der Waals surface area contributed by atoms with Crippen LogP contribution in [0.2, 0.25) is 0 Å². The smallest absolute Gasteiger partial charge is 0.190 e. The van der Waals surface area contributed by atoms with Crippen molar-refractivity contribution in [2.75, 3.05) is 0 Å². The lowest BCUT2D eigenvalue weighted by atomic mass is 10.5. The third kappa shape index (κ3) is 1.00. The molecule has 0 aromatic rings. The molecule has 3 heteroatoms. The Morgan fingerprint density at radius 3 is 2.44 bits per heavy atom. The highest BCUT2D eigenvalue weighted by atomic mass is 32.2. The van der Waals surface area contributed by atoms with Gasteiger partial charge in [-0.1, -0.05) is 15.9 Å². The van der Waals surface area contributed by atoms with Crippen LogP contribution in [0.4, 0.5) is 0 Å². The maximum Gasteiger partial charge on any atom is 0.190 e. The van der Waals surface area contributed by atoms with Gasteiger partial charge in [-0.2, -0.15) is 0 Å². The highest BCUT2D eigenvalue weighted by molar-refractivity contribution is 8.20. The molecule has 0 bridgehead atoms. The molecular formula is C6H8O2S. The molecular weight excluding hydrogens is 136 g/mol. The Kier molecular flexibility index (Phi) is 1.62. The fourth-order valence-corrected chi connectivity index (χ4v) is 1.68. The summed E-state index contributed by atoms with van der Waals surface area (Å²) in [5.41, 5.74) is 0. The van der Waals surface area contributed by atoms with Crippen molar-refractivity contribution in [1.29, 1.82) is 0 Å². The summed E-state index contributed by atoms with van der Waals surface area (Å²) in [7, 11) is -0.329. The second kappa shape index (κ2) is 2.27. The SMILES string of the molecule is CC=S1C=CC(O)=C1O. The van der Waals surface area contributed by atoms with E-state index < -0.39 is 0 Å². The van der Waals surface area contributed by atoms with Gasteiger partial charge in [0.2, 0.25) is 0 Å². The fourth-order valence-electron chi connectivity index (χ4n) is 0.584. The Hall–Kier alpha value is -0.700. The quantitative estimate of drug-likeness (QED) is 0.510. The molecule has 1 aliphatic heterocycles. The Bertz CT molecular complexity index is 213. The van der Waals surface area contributed by atoms with E-state index in [4.69, 9.17) is 10.2 Å². The highest BCUT2D eigenvalue weighted by Gasteiger charge is 2.08. The first-order chi connectivity index (χ1) is 4.25. The fraction of sp³-hybridized carbons (Fsp3) is 0.167. The number of rotatable bonds is 0. The number of aliphatic hydroxyl groups excluding tert-OH is 2. The first-order valence-corrected chi connectivity index (χ1v) is 3.92. The van der Waals surface area contributed by atoms with Crippen LogP contribution in [0.5, 0.6) is 0 Å². The number of hydrogen-bond donors (Lipinski definition) is 2. The van der Waals surface area contributed by atoms with Gasteiger partial charge in [0.25, 0.3) is 0 Å². The molecule has 1 rings (SSSR count). The minimum atomic E-state index is -0.329. The van der Waals surface area contributed by atoms with Crippen LogP contribution in [0.3, 0.4) is 0 Å². The lowest BCUT2D eigenvalue weighted by Gasteiger charge is -1.93. The zero-order valence-corrected chi connectivity index (χ0v) is 5.85. The zero-order chi connectivity index (χ0) is 6.85. The summed E-state index contributed by atoms with van der Waals surface area (Å²) in [6.07, 6.45) is 1.51. The Balaban J connectivity index is 3.01. The first kappa shape index (κ1) is 6.42. The van der Waals surface area contributed by atoms with E-state index in [2.05, 4.69) is 0 Å². The summed E-state index contributed by atoms with van der Waals surface area (Å²) in [6.45, 7) is 1.85. The summed E-state index contributed by atoms with van der Waals surface area (Å²) >= 11 is 0. The Morgan fingerprint density at radius 2 is 2.22 bits per heavy atom. The number of allylic oxidation sites excluding steroid dienone is 1. The second-order valence-corrected chi connectivity index (χ2v) is 3.47. The van der Waals surface area contributed by atoms with Crippen molar-refractivity contribution in [2.45, 2.75) is 6.92 Å². The third-order valence-electron chi connectivity index (χ3n) is 1.07. The van der Waals surface area contributed by atoms with Gasteiger partial charge in [0.15, 0.2) is 10.9 Å². The monoisotopic (exact) mass is 144 g/mol. The van der Waals surface area contributed by atoms with Crippen LogP contribution >= 0.6 is 10.5 Å². The van der Waals surface area contributed by atoms with Crippen LogP contribution in [0, 0.1) is 0 Å². The molecule has 2 nitrogen and oxygen atoms in total. The van der Waals surface area contributed by atoms with E-state index in [-0.39, 0.29) is 21.3 Å². The van der Waals surface area contributed by atoms with Crippen LogP contribution < -0.4 is 0 Å². The highest BCUT2D eigenvalue weighted by Crippen LogP contribution is 2.31. The van der Waals surface area contributed by atoms with Gasteiger partial charge >= 0.3 is 0 Å². The molecule has 0 aliphatic carbocycles. The van der Waals surface area contributed by atoms with E-state index in [0.717, 1.165) is 0 Å². The van der Waals surface area contributed by atoms with Crippen LogP contribution in [0.1, 0.15) is 6.92 Å². The van der Waals surface area contributed by atoms with E-state index in [0.29, 0.717) is 0 Å². The predicted octanol–water partition coefficient (Wildman–Crippen LogP) is 1.89. The lowest BCUT2D eigenvalue weighted by molar-refractivity contribution is 0.369. The van der Waals surface area contributed by atoms with Crippen molar-refractivity contribution < 1.29 is 10.2 Å². The van der Waals surface area contributed by atoms with E-state index in [1.54, 1.807) is 5.41 Å². The predicted molar refractivity (Wildman–Crippen MR) is 40.8 cm³/mol. The minimum Gasteiger partial charge on any atom is -0.504 e. The minimum absolute atomic E-state index is 0.00330. The third-order valence-corrected chi connectivity index (χ3v) is 2.66. The van der Waals surface area contributed by atoms with Crippen molar-refractivity contribution in [2.24, 2.45) is 0 Å². The van der Waals surface area contributed by atoms with Crippen molar-refractivity contribution >= 4 is 15.9 Å². The topological polar surface area (TPSA) is 40.5 Å². The number of hydrogen-bond acceptors (Lipinski definition) is 2. The van der Waals surface area contributed by atoms with E-state index in [1.807, 2.05) is 12.3 Å². The molecule has 0 saturated heterocycles. The molecule has 2 N–H and O–H groups in total. The van der Waals surface area contributed by atoms with E-state index in [1.165, 1.54) is 6.08 Å². The molecule has 0 aromatic heterocycles. The van der Waals surface area contributed by atoms with Gasteiger partial charge in [0, 0.05) is 0 Å². The Morgan fingerprint density at radius 1 is 1.56 bits per heavy atom. The summed E-state index contributed by atoms with van der Waals surface area (Å²) in [6, 6.07) is 0. The standard InChI is InChI=1S/C6H8O2S/c1-2-9-4-3-5(7)6(9)8/h2-4,7-8H,1H3. The molecule has 9 heavy (non-hydrogen) atoms. The van der Waals surface area contributed by atoms with Crippen molar-refractivity contribution in [3.63, 3.8) is 0 Å². The van der Waals surface area contributed by atoms with Gasteiger partial charge in [-0.25, -0.2) is 0 Å². The van der Waals surface area contributed by atoms with Crippen molar-refractivity contribution in [1.82, 2.24) is 0 Å². The summed E-state index contributed by atoms with van der Waals surface area (Å²) in [4.78, 5) is 0. The first-order valence-electron chi connectivity index (χ1n) is 2.57. The molecule has 0 fully saturated rings. The number of aliphatic hydroxyl groups is 2. The van der Waals surface area contributed by atoms with E-state index in [9.17, 15) is 0 Å². The van der Waals surface area contributed by atoms with Crippen LogP contribution in [-0.4, -0.2) is 15.6 Å². The van der Waals surface area contributed by atoms with Crippen LogP contribution in [-0.2, 0) is 0 Å². The van der Waals surface area contributed by atoms with Gasteiger partial charge in [-0.05, 0) is 18.4 Å². The van der Waals surface area contributed by atoms with Crippen molar-refractivity contribution in [3.05, 3.63) is 22.3 Å². The van der Waals surface area contributed by atoms with Crippen LogP contribution in [0.15, 0.2) is 22.3 Å². The van der Waals surface area contributed by atoms with Gasteiger partial charge in [0.1, 0.15) is 0 Å². The molecule has 1 aliphatic rings. The second-order valence-electron chi connectivity index (χ2n) is 1.60. The van der Waals surface area contributed by atoms with Gasteiger partial charge < -0.3 is 10.2 Å². The molecule has 0 amide bonds. The largest absolute Gasteiger partial charge is 0.504 e. The molecule has 0 spiro atoms. The molecule has 0 aromatic carbocycles. The Labute approximate surface area is 56.1 Å². The maximum atomic E-state index is 9.01. The normalized spacial score (nSPS) is 26.1. The zero-order valence-electron chi connectivity index (χ0n) is 5.03. The average Bonchev–Trinajstić information content (AvgIpc) is 2.15.